The SMILES string of the molecule is CCOc1cc(/C=N\NC(=O)CC#N)c(Br)cc1OCc1ccc(Cl)cc1. The molecule has 27 heavy (non-hydrogen) atoms. The van der Waals surface area contributed by atoms with Gasteiger partial charge in [-0.05, 0) is 52.7 Å². The van der Waals surface area contributed by atoms with Gasteiger partial charge < -0.3 is 9.47 Å². The lowest BCUT2D eigenvalue weighted by molar-refractivity contribution is -0.120. The first kappa shape index (κ1) is 20.7. The van der Waals surface area contributed by atoms with Crippen LogP contribution in [0.4, 0.5) is 0 Å². The van der Waals surface area contributed by atoms with Gasteiger partial charge in [0.1, 0.15) is 13.0 Å². The van der Waals surface area contributed by atoms with E-state index in [4.69, 9.17) is 26.3 Å². The fourth-order valence-electron chi connectivity index (χ4n) is 2.06. The first-order chi connectivity index (χ1) is 13.0. The molecule has 6 nitrogen and oxygen atoms in total. The monoisotopic (exact) mass is 449 g/mol. The Morgan fingerprint density at radius 3 is 2.67 bits per heavy atom. The van der Waals surface area contributed by atoms with Crippen LogP contribution in [0.15, 0.2) is 46.0 Å². The van der Waals surface area contributed by atoms with Crippen LogP contribution in [0.25, 0.3) is 0 Å². The van der Waals surface area contributed by atoms with Gasteiger partial charge in [-0.2, -0.15) is 10.4 Å². The number of benzene rings is 2. The third-order valence-corrected chi connectivity index (χ3v) is 4.24. The molecule has 0 aromatic heterocycles. The number of nitrogens with one attached hydrogen (secondary N) is 1. The quantitative estimate of drug-likeness (QED) is 0.476. The number of carbonyl (C=O) groups excluding carboxylic acids is 1. The van der Waals surface area contributed by atoms with E-state index in [0.29, 0.717) is 35.3 Å². The number of nitrogens with zero attached hydrogens (tertiary/aromatic N) is 2. The van der Waals surface area contributed by atoms with E-state index < -0.39 is 5.91 Å². The lowest BCUT2D eigenvalue weighted by Gasteiger charge is -2.14. The number of rotatable bonds is 8. The van der Waals surface area contributed by atoms with Crippen molar-refractivity contribution in [3.05, 3.63) is 57.0 Å². The van der Waals surface area contributed by atoms with Crippen molar-refractivity contribution >= 4 is 39.7 Å². The Hall–Kier alpha value is -2.56. The van der Waals surface area contributed by atoms with Crippen molar-refractivity contribution in [2.75, 3.05) is 6.61 Å². The maximum atomic E-state index is 11.3. The fourth-order valence-corrected chi connectivity index (χ4v) is 2.61. The molecule has 0 saturated carbocycles. The van der Waals surface area contributed by atoms with E-state index >= 15 is 0 Å². The van der Waals surface area contributed by atoms with Crippen molar-refractivity contribution in [1.82, 2.24) is 5.43 Å². The van der Waals surface area contributed by atoms with Gasteiger partial charge in [-0.1, -0.05) is 23.7 Å². The molecule has 8 heteroatoms. The van der Waals surface area contributed by atoms with E-state index in [1.807, 2.05) is 19.1 Å². The second-order valence-corrected chi connectivity index (χ2v) is 6.59. The van der Waals surface area contributed by atoms with Crippen LogP contribution >= 0.6 is 27.5 Å². The highest BCUT2D eigenvalue weighted by Crippen LogP contribution is 2.33. The summed E-state index contributed by atoms with van der Waals surface area (Å²) >= 11 is 9.35. The standard InChI is InChI=1S/C19H17BrClN3O3/c1-2-26-17-9-14(11-23-24-19(25)7-8-22)16(20)10-18(17)27-12-13-3-5-15(21)6-4-13/h3-6,9-11H,2,7,12H2,1H3,(H,24,25)/b23-11-. The largest absolute Gasteiger partial charge is 0.490 e. The normalized spacial score (nSPS) is 10.4. The number of hydrogen-bond acceptors (Lipinski definition) is 5. The summed E-state index contributed by atoms with van der Waals surface area (Å²) in [4.78, 5) is 11.3. The maximum absolute atomic E-state index is 11.3. The zero-order valence-corrected chi connectivity index (χ0v) is 16.9. The van der Waals surface area contributed by atoms with E-state index in [9.17, 15) is 4.79 Å². The van der Waals surface area contributed by atoms with Gasteiger partial charge in [-0.3, -0.25) is 4.79 Å². The van der Waals surface area contributed by atoms with E-state index in [0.717, 1.165) is 10.0 Å². The van der Waals surface area contributed by atoms with Gasteiger partial charge in [0.05, 0.1) is 18.9 Å². The Labute approximate surface area is 170 Å². The fraction of sp³-hybridized carbons (Fsp3) is 0.211. The van der Waals surface area contributed by atoms with Gasteiger partial charge >= 0.3 is 0 Å². The molecular weight excluding hydrogens is 434 g/mol. The highest BCUT2D eigenvalue weighted by atomic mass is 79.9. The summed E-state index contributed by atoms with van der Waals surface area (Å²) in [7, 11) is 0. The second-order valence-electron chi connectivity index (χ2n) is 5.30. The minimum Gasteiger partial charge on any atom is -0.490 e. The number of amides is 1. The molecule has 2 aromatic rings. The van der Waals surface area contributed by atoms with Crippen LogP contribution in [0, 0.1) is 11.3 Å². The number of halogens is 2. The molecule has 0 aliphatic rings. The summed E-state index contributed by atoms with van der Waals surface area (Å²) in [6, 6.07) is 12.7. The maximum Gasteiger partial charge on any atom is 0.254 e. The predicted molar refractivity (Wildman–Crippen MR) is 107 cm³/mol. The minimum atomic E-state index is -0.474. The summed E-state index contributed by atoms with van der Waals surface area (Å²) in [5.41, 5.74) is 3.95. The van der Waals surface area contributed by atoms with E-state index in [2.05, 4.69) is 26.5 Å². The summed E-state index contributed by atoms with van der Waals surface area (Å²) in [6.07, 6.45) is 1.21. The molecular formula is C19H17BrClN3O3. The molecule has 0 bridgehead atoms. The predicted octanol–water partition coefficient (Wildman–Crippen LogP) is 4.44. The molecule has 1 N–H and O–H groups in total. The third kappa shape index (κ3) is 6.59. The molecule has 0 fully saturated rings. The van der Waals surface area contributed by atoms with Crippen LogP contribution in [0.3, 0.4) is 0 Å². The first-order valence-electron chi connectivity index (χ1n) is 8.06. The van der Waals surface area contributed by atoms with Crippen LogP contribution in [0.1, 0.15) is 24.5 Å². The summed E-state index contributed by atoms with van der Waals surface area (Å²) in [6.45, 7) is 2.71. The average molecular weight is 451 g/mol. The van der Waals surface area contributed by atoms with Crippen molar-refractivity contribution in [3.63, 3.8) is 0 Å². The molecule has 0 radical (unpaired) electrons. The van der Waals surface area contributed by atoms with E-state index in [-0.39, 0.29) is 6.42 Å². The smallest absolute Gasteiger partial charge is 0.254 e. The van der Waals surface area contributed by atoms with Gasteiger partial charge in [0.15, 0.2) is 11.5 Å². The van der Waals surface area contributed by atoms with Crippen LogP contribution in [-0.4, -0.2) is 18.7 Å². The highest BCUT2D eigenvalue weighted by Gasteiger charge is 2.11. The van der Waals surface area contributed by atoms with Crippen molar-refractivity contribution in [1.29, 1.82) is 5.26 Å². The Kier molecular flexibility index (Phi) is 8.11. The molecule has 0 aliphatic carbocycles. The number of hydrazone groups is 1. The molecule has 0 unspecified atom stereocenters. The summed E-state index contributed by atoms with van der Waals surface area (Å²) in [5, 5.41) is 13.0. The molecule has 0 saturated heterocycles. The zero-order chi connectivity index (χ0) is 19.6. The lowest BCUT2D eigenvalue weighted by Crippen LogP contribution is -2.16. The first-order valence-corrected chi connectivity index (χ1v) is 9.23. The Bertz CT molecular complexity index is 864. The van der Waals surface area contributed by atoms with Crippen molar-refractivity contribution in [2.24, 2.45) is 5.10 Å². The van der Waals surface area contributed by atoms with Gasteiger partial charge in [-0.15, -0.1) is 0 Å². The average Bonchev–Trinajstić information content (AvgIpc) is 2.64. The second kappa shape index (κ2) is 10.6. The number of ether oxygens (including phenoxy) is 2. The van der Waals surface area contributed by atoms with E-state index in [1.165, 1.54) is 6.21 Å². The van der Waals surface area contributed by atoms with Crippen molar-refractivity contribution in [3.8, 4) is 17.6 Å². The van der Waals surface area contributed by atoms with Crippen LogP contribution in [0.5, 0.6) is 11.5 Å². The van der Waals surface area contributed by atoms with Crippen LogP contribution in [0.2, 0.25) is 5.02 Å². The Morgan fingerprint density at radius 2 is 2.00 bits per heavy atom. The topological polar surface area (TPSA) is 83.7 Å². The third-order valence-electron chi connectivity index (χ3n) is 3.30. The molecule has 0 aliphatic heterocycles. The molecule has 0 spiro atoms. The van der Waals surface area contributed by atoms with E-state index in [1.54, 1.807) is 30.3 Å². The molecule has 2 rings (SSSR count). The van der Waals surface area contributed by atoms with Gasteiger partial charge in [-0.25, -0.2) is 5.43 Å². The molecule has 1 amide bonds. The number of hydrogen-bond donors (Lipinski definition) is 1. The van der Waals surface area contributed by atoms with Crippen molar-refractivity contribution in [2.45, 2.75) is 20.0 Å². The van der Waals surface area contributed by atoms with Gasteiger partial charge in [0.2, 0.25) is 0 Å². The minimum absolute atomic E-state index is 0.250. The molecule has 2 aromatic carbocycles. The van der Waals surface area contributed by atoms with Crippen LogP contribution < -0.4 is 14.9 Å². The number of nitriles is 1. The Balaban J connectivity index is 2.14. The Morgan fingerprint density at radius 1 is 1.30 bits per heavy atom. The summed E-state index contributed by atoms with van der Waals surface area (Å²) < 4.78 is 12.2. The van der Waals surface area contributed by atoms with Gasteiger partial charge in [0, 0.05) is 15.1 Å². The zero-order valence-electron chi connectivity index (χ0n) is 14.5. The number of carbonyl (C=O) groups is 1. The highest BCUT2D eigenvalue weighted by molar-refractivity contribution is 9.10. The summed E-state index contributed by atoms with van der Waals surface area (Å²) in [5.74, 6) is 0.654. The molecule has 0 heterocycles. The molecule has 0 atom stereocenters. The molecule has 140 valence electrons. The lowest BCUT2D eigenvalue weighted by atomic mass is 10.2. The van der Waals surface area contributed by atoms with Crippen LogP contribution in [-0.2, 0) is 11.4 Å². The van der Waals surface area contributed by atoms with Gasteiger partial charge in [0.25, 0.3) is 5.91 Å². The van der Waals surface area contributed by atoms with Crippen molar-refractivity contribution < 1.29 is 14.3 Å².